The number of esters is 1. The number of para-hydroxylation sites is 1. The lowest BCUT2D eigenvalue weighted by Crippen LogP contribution is -2.35. The number of carbonyl (C=O) groups is 1. The minimum atomic E-state index is -0.0751. The van der Waals surface area contributed by atoms with E-state index in [4.69, 9.17) is 9.47 Å². The molecule has 1 aromatic rings. The zero-order valence-corrected chi connectivity index (χ0v) is 10.9. The Balaban J connectivity index is 1.59. The molecule has 0 saturated carbocycles. The molecule has 102 valence electrons. The third-order valence-corrected chi connectivity index (χ3v) is 3.81. The van der Waals surface area contributed by atoms with Gasteiger partial charge in [-0.1, -0.05) is 18.2 Å². The summed E-state index contributed by atoms with van der Waals surface area (Å²) in [5.74, 6) is -0.147. The largest absolute Gasteiger partial charge is 0.462 e. The number of hydrogen-bond donors (Lipinski definition) is 1. The van der Waals surface area contributed by atoms with Gasteiger partial charge < -0.3 is 14.8 Å². The maximum Gasteiger partial charge on any atom is 0.311 e. The number of hydrogen-bond acceptors (Lipinski definition) is 4. The Kier molecular flexibility index (Phi) is 3.69. The van der Waals surface area contributed by atoms with Crippen molar-refractivity contribution in [1.82, 2.24) is 0 Å². The lowest BCUT2D eigenvalue weighted by molar-refractivity contribution is -0.157. The van der Waals surface area contributed by atoms with E-state index in [0.717, 1.165) is 24.9 Å². The Bertz CT molecular complexity index is 454. The number of carbonyl (C=O) groups excluding carboxylic acids is 1. The third-order valence-electron chi connectivity index (χ3n) is 3.81. The normalized spacial score (nSPS) is 23.3. The standard InChI is InChI=1S/C15H19NO3/c17-15(19-13-5-7-18-8-6-13)12-9-11-3-1-2-4-14(11)16-10-12/h1-4,12-13,16H,5-10H2. The summed E-state index contributed by atoms with van der Waals surface area (Å²) < 4.78 is 10.9. The Morgan fingerprint density at radius 2 is 2.05 bits per heavy atom. The van der Waals surface area contributed by atoms with Crippen LogP contribution in [-0.2, 0) is 20.7 Å². The quantitative estimate of drug-likeness (QED) is 0.827. The topological polar surface area (TPSA) is 47.6 Å². The number of ether oxygens (including phenoxy) is 2. The van der Waals surface area contributed by atoms with Crippen LogP contribution >= 0.6 is 0 Å². The van der Waals surface area contributed by atoms with E-state index >= 15 is 0 Å². The maximum atomic E-state index is 12.2. The summed E-state index contributed by atoms with van der Waals surface area (Å²) in [6.07, 6.45) is 2.45. The summed E-state index contributed by atoms with van der Waals surface area (Å²) in [6.45, 7) is 2.06. The molecule has 2 heterocycles. The zero-order valence-electron chi connectivity index (χ0n) is 10.9. The second kappa shape index (κ2) is 5.61. The van der Waals surface area contributed by atoms with Crippen LogP contribution in [-0.4, -0.2) is 31.8 Å². The molecule has 2 aliphatic heterocycles. The molecule has 2 aliphatic rings. The monoisotopic (exact) mass is 261 g/mol. The molecule has 19 heavy (non-hydrogen) atoms. The van der Waals surface area contributed by atoms with Crippen LogP contribution in [0.2, 0.25) is 0 Å². The van der Waals surface area contributed by atoms with Gasteiger partial charge in [-0.15, -0.1) is 0 Å². The van der Waals surface area contributed by atoms with E-state index < -0.39 is 0 Å². The molecule has 0 aliphatic carbocycles. The van der Waals surface area contributed by atoms with Crippen LogP contribution in [0.4, 0.5) is 5.69 Å². The van der Waals surface area contributed by atoms with Gasteiger partial charge in [0.2, 0.25) is 0 Å². The fourth-order valence-corrected chi connectivity index (χ4v) is 2.66. The first-order valence-corrected chi connectivity index (χ1v) is 6.93. The second-order valence-electron chi connectivity index (χ2n) is 5.19. The van der Waals surface area contributed by atoms with Gasteiger partial charge in [0.1, 0.15) is 6.10 Å². The summed E-state index contributed by atoms with van der Waals surface area (Å²) in [7, 11) is 0. The first kappa shape index (κ1) is 12.5. The predicted octanol–water partition coefficient (Wildman–Crippen LogP) is 1.99. The van der Waals surface area contributed by atoms with Crippen molar-refractivity contribution in [2.45, 2.75) is 25.4 Å². The summed E-state index contributed by atoms with van der Waals surface area (Å²) in [4.78, 5) is 12.2. The van der Waals surface area contributed by atoms with E-state index in [1.165, 1.54) is 5.56 Å². The zero-order chi connectivity index (χ0) is 13.1. The van der Waals surface area contributed by atoms with Gasteiger partial charge in [-0.05, 0) is 18.1 Å². The molecule has 0 radical (unpaired) electrons. The maximum absolute atomic E-state index is 12.2. The van der Waals surface area contributed by atoms with E-state index in [-0.39, 0.29) is 18.0 Å². The van der Waals surface area contributed by atoms with Gasteiger partial charge in [-0.2, -0.15) is 0 Å². The van der Waals surface area contributed by atoms with Crippen molar-refractivity contribution in [3.8, 4) is 0 Å². The van der Waals surface area contributed by atoms with Gasteiger partial charge in [0, 0.05) is 25.1 Å². The number of fused-ring (bicyclic) bond motifs is 1. The molecular formula is C15H19NO3. The molecule has 1 aromatic carbocycles. The van der Waals surface area contributed by atoms with Crippen molar-refractivity contribution in [3.63, 3.8) is 0 Å². The van der Waals surface area contributed by atoms with Gasteiger partial charge in [0.15, 0.2) is 0 Å². The lowest BCUT2D eigenvalue weighted by Gasteiger charge is -2.28. The van der Waals surface area contributed by atoms with E-state index in [2.05, 4.69) is 17.4 Å². The van der Waals surface area contributed by atoms with Gasteiger partial charge in [-0.3, -0.25) is 4.79 Å². The van der Waals surface area contributed by atoms with Crippen molar-refractivity contribution in [1.29, 1.82) is 0 Å². The van der Waals surface area contributed by atoms with Crippen molar-refractivity contribution in [3.05, 3.63) is 29.8 Å². The highest BCUT2D eigenvalue weighted by Gasteiger charge is 2.28. The number of nitrogens with one attached hydrogen (secondary N) is 1. The molecule has 0 bridgehead atoms. The van der Waals surface area contributed by atoms with Crippen LogP contribution in [0.3, 0.4) is 0 Å². The molecule has 1 N–H and O–H groups in total. The van der Waals surface area contributed by atoms with Crippen molar-refractivity contribution < 1.29 is 14.3 Å². The average Bonchev–Trinajstić information content (AvgIpc) is 2.48. The second-order valence-corrected chi connectivity index (χ2v) is 5.19. The summed E-state index contributed by atoms with van der Waals surface area (Å²) in [5.41, 5.74) is 2.33. The number of anilines is 1. The molecule has 0 amide bonds. The molecule has 4 heteroatoms. The lowest BCUT2D eigenvalue weighted by atomic mass is 9.94. The Morgan fingerprint density at radius 3 is 2.89 bits per heavy atom. The molecule has 1 saturated heterocycles. The van der Waals surface area contributed by atoms with Gasteiger partial charge in [-0.25, -0.2) is 0 Å². The molecular weight excluding hydrogens is 242 g/mol. The fourth-order valence-electron chi connectivity index (χ4n) is 2.66. The van der Waals surface area contributed by atoms with Crippen molar-refractivity contribution >= 4 is 11.7 Å². The average molecular weight is 261 g/mol. The highest BCUT2D eigenvalue weighted by atomic mass is 16.6. The molecule has 0 aromatic heterocycles. The van der Waals surface area contributed by atoms with Crippen LogP contribution in [0.15, 0.2) is 24.3 Å². The summed E-state index contributed by atoms with van der Waals surface area (Å²) >= 11 is 0. The SMILES string of the molecule is O=C(OC1CCOCC1)C1CNc2ccccc2C1. The van der Waals surface area contributed by atoms with E-state index in [1.54, 1.807) is 0 Å². The van der Waals surface area contributed by atoms with E-state index in [0.29, 0.717) is 19.8 Å². The van der Waals surface area contributed by atoms with E-state index in [9.17, 15) is 4.79 Å². The predicted molar refractivity (Wildman–Crippen MR) is 72.1 cm³/mol. The fraction of sp³-hybridized carbons (Fsp3) is 0.533. The smallest absolute Gasteiger partial charge is 0.311 e. The van der Waals surface area contributed by atoms with Gasteiger partial charge in [0.05, 0.1) is 19.1 Å². The van der Waals surface area contributed by atoms with Crippen molar-refractivity contribution in [2.75, 3.05) is 25.1 Å². The minimum absolute atomic E-state index is 0.0402. The van der Waals surface area contributed by atoms with Gasteiger partial charge in [0.25, 0.3) is 0 Å². The van der Waals surface area contributed by atoms with Crippen molar-refractivity contribution in [2.24, 2.45) is 5.92 Å². The van der Waals surface area contributed by atoms with E-state index in [1.807, 2.05) is 12.1 Å². The molecule has 1 unspecified atom stereocenters. The minimum Gasteiger partial charge on any atom is -0.462 e. The summed E-state index contributed by atoms with van der Waals surface area (Å²) in [6, 6.07) is 8.13. The first-order chi connectivity index (χ1) is 9.33. The molecule has 4 nitrogen and oxygen atoms in total. The van der Waals surface area contributed by atoms with Crippen LogP contribution in [0, 0.1) is 5.92 Å². The Morgan fingerprint density at radius 1 is 1.26 bits per heavy atom. The molecule has 0 spiro atoms. The van der Waals surface area contributed by atoms with Crippen LogP contribution in [0.1, 0.15) is 18.4 Å². The van der Waals surface area contributed by atoms with Gasteiger partial charge >= 0.3 is 5.97 Å². The number of rotatable bonds is 2. The molecule has 3 rings (SSSR count). The van der Waals surface area contributed by atoms with Crippen LogP contribution in [0.25, 0.3) is 0 Å². The number of benzene rings is 1. The molecule has 1 atom stereocenters. The highest BCUT2D eigenvalue weighted by Crippen LogP contribution is 2.25. The Labute approximate surface area is 113 Å². The van der Waals surface area contributed by atoms with Crippen LogP contribution in [0.5, 0.6) is 0 Å². The Hall–Kier alpha value is -1.55. The highest BCUT2D eigenvalue weighted by molar-refractivity contribution is 5.75. The third kappa shape index (κ3) is 2.89. The van der Waals surface area contributed by atoms with Crippen LogP contribution < -0.4 is 5.32 Å². The first-order valence-electron chi connectivity index (χ1n) is 6.93. The molecule has 1 fully saturated rings. The summed E-state index contributed by atoms with van der Waals surface area (Å²) in [5, 5.41) is 3.31.